The largest absolute Gasteiger partial charge is 0.450 e. The summed E-state index contributed by atoms with van der Waals surface area (Å²) in [7, 11) is 0. The molecule has 1 aliphatic heterocycles. The second-order valence-electron chi connectivity index (χ2n) is 7.79. The zero-order valence-electron chi connectivity index (χ0n) is 19.3. The third kappa shape index (κ3) is 6.16. The number of allylic oxidation sites excluding steroid dienone is 5. The van der Waals surface area contributed by atoms with Gasteiger partial charge in [-0.1, -0.05) is 61.6 Å². The van der Waals surface area contributed by atoms with Crippen molar-refractivity contribution in [2.45, 2.75) is 45.4 Å². The minimum absolute atomic E-state index is 0.0253. The lowest BCUT2D eigenvalue weighted by Crippen LogP contribution is -2.11. The van der Waals surface area contributed by atoms with Crippen LogP contribution in [0.1, 0.15) is 48.4 Å². The fourth-order valence-corrected chi connectivity index (χ4v) is 3.52. The van der Waals surface area contributed by atoms with Gasteiger partial charge >= 0.3 is 0 Å². The first-order valence-corrected chi connectivity index (χ1v) is 11.0. The molecule has 0 radical (unpaired) electrons. The van der Waals surface area contributed by atoms with Gasteiger partial charge in [0, 0.05) is 17.5 Å². The molecule has 0 saturated carbocycles. The average Bonchev–Trinajstić information content (AvgIpc) is 2.84. The molecule has 0 unspecified atom stereocenters. The molecular weight excluding hydrogens is 421 g/mol. The summed E-state index contributed by atoms with van der Waals surface area (Å²) in [6.45, 7) is 19.5. The Morgan fingerprint density at radius 1 is 0.909 bits per heavy atom. The maximum atomic E-state index is 15.1. The Bertz CT molecular complexity index is 1080. The van der Waals surface area contributed by atoms with E-state index in [2.05, 4.69) is 32.9 Å². The molecule has 174 valence electrons. The molecule has 0 aliphatic carbocycles. The lowest BCUT2D eigenvalue weighted by molar-refractivity contribution is 0.377. The third-order valence-corrected chi connectivity index (χ3v) is 5.50. The van der Waals surface area contributed by atoms with Gasteiger partial charge in [0.15, 0.2) is 23.1 Å². The number of fused-ring (bicyclic) bond motifs is 2. The van der Waals surface area contributed by atoms with Crippen molar-refractivity contribution in [2.75, 3.05) is 0 Å². The summed E-state index contributed by atoms with van der Waals surface area (Å²) in [6, 6.07) is 5.12. The summed E-state index contributed by atoms with van der Waals surface area (Å²) in [5.74, 6) is -2.80. The van der Waals surface area contributed by atoms with Crippen molar-refractivity contribution in [3.05, 3.63) is 120 Å². The molecule has 3 rings (SSSR count). The van der Waals surface area contributed by atoms with Gasteiger partial charge in [-0.3, -0.25) is 0 Å². The molecule has 0 aromatic heterocycles. The molecule has 0 saturated heterocycles. The van der Waals surface area contributed by atoms with Crippen molar-refractivity contribution >= 4 is 0 Å². The van der Waals surface area contributed by atoms with E-state index in [1.165, 1.54) is 0 Å². The Kier molecular flexibility index (Phi) is 9.53. The van der Waals surface area contributed by atoms with Crippen molar-refractivity contribution in [2.24, 2.45) is 0 Å². The number of hydrogen-bond acceptors (Lipinski definition) is 1. The molecule has 0 spiro atoms. The number of benzene rings is 2. The van der Waals surface area contributed by atoms with Crippen LogP contribution in [0.4, 0.5) is 13.2 Å². The Morgan fingerprint density at radius 3 is 2.24 bits per heavy atom. The van der Waals surface area contributed by atoms with Gasteiger partial charge in [0.2, 0.25) is 5.82 Å². The lowest BCUT2D eigenvalue weighted by Gasteiger charge is -2.23. The van der Waals surface area contributed by atoms with Crippen molar-refractivity contribution in [1.29, 1.82) is 0 Å². The SMILES string of the molecule is C=C.C=CCCc1cc2c(c(F)c1F)Oc1c(ccc(CCC(=C)/C=C\C(=C)CC)c1F)C2. The maximum Gasteiger partial charge on any atom is 0.201 e. The molecule has 0 amide bonds. The van der Waals surface area contributed by atoms with Gasteiger partial charge in [-0.15, -0.1) is 19.7 Å². The van der Waals surface area contributed by atoms with Gasteiger partial charge in [0.05, 0.1) is 0 Å². The molecule has 33 heavy (non-hydrogen) atoms. The molecule has 0 atom stereocenters. The summed E-state index contributed by atoms with van der Waals surface area (Å²) in [5, 5.41) is 0. The topological polar surface area (TPSA) is 9.23 Å². The first kappa shape index (κ1) is 26.0. The molecule has 1 nitrogen and oxygen atoms in total. The highest BCUT2D eigenvalue weighted by Gasteiger charge is 2.28. The molecule has 0 bridgehead atoms. The number of rotatable bonds is 9. The Labute approximate surface area is 195 Å². The molecule has 0 N–H and O–H groups in total. The van der Waals surface area contributed by atoms with Gasteiger partial charge in [0.1, 0.15) is 0 Å². The molecule has 2 aromatic rings. The van der Waals surface area contributed by atoms with E-state index in [9.17, 15) is 8.78 Å². The highest BCUT2D eigenvalue weighted by Crippen LogP contribution is 2.42. The first-order chi connectivity index (χ1) is 15.8. The lowest BCUT2D eigenvalue weighted by atomic mass is 9.94. The van der Waals surface area contributed by atoms with E-state index in [0.717, 1.165) is 17.6 Å². The van der Waals surface area contributed by atoms with E-state index in [-0.39, 0.29) is 23.5 Å². The minimum atomic E-state index is -1.07. The zero-order chi connectivity index (χ0) is 24.5. The zero-order valence-corrected chi connectivity index (χ0v) is 19.3. The van der Waals surface area contributed by atoms with Crippen LogP contribution in [-0.2, 0) is 19.3 Å². The van der Waals surface area contributed by atoms with Crippen molar-refractivity contribution < 1.29 is 17.9 Å². The van der Waals surface area contributed by atoms with Gasteiger partial charge in [-0.25, -0.2) is 8.78 Å². The third-order valence-electron chi connectivity index (χ3n) is 5.50. The average molecular weight is 453 g/mol. The smallest absolute Gasteiger partial charge is 0.201 e. The predicted molar refractivity (Wildman–Crippen MR) is 131 cm³/mol. The molecule has 1 heterocycles. The van der Waals surface area contributed by atoms with Crippen molar-refractivity contribution in [3.63, 3.8) is 0 Å². The summed E-state index contributed by atoms with van der Waals surface area (Å²) >= 11 is 0. The Morgan fingerprint density at radius 2 is 1.58 bits per heavy atom. The van der Waals surface area contributed by atoms with Crippen LogP contribution in [-0.4, -0.2) is 0 Å². The Hall–Kier alpha value is -3.27. The van der Waals surface area contributed by atoms with Gasteiger partial charge in [0.25, 0.3) is 0 Å². The standard InChI is InChI=1S/C27H27F3O.C2H4/c1-5-7-8-20-15-22-16-21-14-13-19(12-11-18(4)10-9-17(3)6-2)24(29)26(21)31-27(22)25(30)23(20)28;1-2/h5,9-10,13-15H,1,3-4,6-8,11-12,16H2,2H3;1-2H2/b10-9-;. The summed E-state index contributed by atoms with van der Waals surface area (Å²) < 4.78 is 49.8. The van der Waals surface area contributed by atoms with Crippen LogP contribution < -0.4 is 4.74 Å². The minimum Gasteiger partial charge on any atom is -0.450 e. The van der Waals surface area contributed by atoms with E-state index < -0.39 is 17.5 Å². The summed E-state index contributed by atoms with van der Waals surface area (Å²) in [4.78, 5) is 0. The number of hydrogen-bond donors (Lipinski definition) is 0. The van der Waals surface area contributed by atoms with Gasteiger partial charge in [-0.05, 0) is 49.3 Å². The molecule has 1 aliphatic rings. The van der Waals surface area contributed by atoms with Crippen LogP contribution in [0.15, 0.2) is 80.5 Å². The van der Waals surface area contributed by atoms with E-state index in [4.69, 9.17) is 4.74 Å². The second kappa shape index (κ2) is 12.1. The monoisotopic (exact) mass is 452 g/mol. The highest BCUT2D eigenvalue weighted by molar-refractivity contribution is 5.53. The fraction of sp³-hybridized carbons (Fsp3) is 0.241. The van der Waals surface area contributed by atoms with Crippen LogP contribution in [0.2, 0.25) is 0 Å². The number of halogens is 3. The van der Waals surface area contributed by atoms with Crippen LogP contribution in [0, 0.1) is 17.5 Å². The summed E-state index contributed by atoms with van der Waals surface area (Å²) in [5.41, 5.74) is 3.72. The van der Waals surface area contributed by atoms with Crippen LogP contribution in [0.25, 0.3) is 0 Å². The molecular formula is C29H31F3O. The second-order valence-corrected chi connectivity index (χ2v) is 7.79. The van der Waals surface area contributed by atoms with E-state index in [1.54, 1.807) is 24.3 Å². The normalized spacial score (nSPS) is 11.6. The fourth-order valence-electron chi connectivity index (χ4n) is 3.52. The van der Waals surface area contributed by atoms with Crippen molar-refractivity contribution in [1.82, 2.24) is 0 Å². The van der Waals surface area contributed by atoms with Gasteiger partial charge in [-0.2, -0.15) is 4.39 Å². The van der Waals surface area contributed by atoms with Crippen LogP contribution in [0.3, 0.4) is 0 Å². The van der Waals surface area contributed by atoms with Crippen LogP contribution in [0.5, 0.6) is 11.5 Å². The predicted octanol–water partition coefficient (Wildman–Crippen LogP) is 8.73. The molecule has 2 aromatic carbocycles. The number of ether oxygens (including phenoxy) is 1. The highest BCUT2D eigenvalue weighted by atomic mass is 19.2. The van der Waals surface area contributed by atoms with E-state index in [1.807, 2.05) is 19.1 Å². The molecule has 4 heteroatoms. The Balaban J connectivity index is 0.00000187. The van der Waals surface area contributed by atoms with Crippen molar-refractivity contribution in [3.8, 4) is 11.5 Å². The first-order valence-electron chi connectivity index (χ1n) is 11.0. The molecule has 0 fully saturated rings. The van der Waals surface area contributed by atoms with Crippen LogP contribution >= 0.6 is 0 Å². The quantitative estimate of drug-likeness (QED) is 0.233. The van der Waals surface area contributed by atoms with Gasteiger partial charge < -0.3 is 4.74 Å². The summed E-state index contributed by atoms with van der Waals surface area (Å²) in [6.07, 6.45) is 8.47. The van der Waals surface area contributed by atoms with E-state index >= 15 is 4.39 Å². The van der Waals surface area contributed by atoms with E-state index in [0.29, 0.717) is 42.4 Å². The number of aryl methyl sites for hydroxylation is 2. The maximum absolute atomic E-state index is 15.1.